The SMILES string of the molecule is CCNC(=NCCc1cccc(C)c1)NC(C)CCS(C)(=O)=O. The van der Waals surface area contributed by atoms with Crippen molar-refractivity contribution in [3.63, 3.8) is 0 Å². The highest BCUT2D eigenvalue weighted by molar-refractivity contribution is 7.90. The van der Waals surface area contributed by atoms with Gasteiger partial charge in [-0.05, 0) is 39.2 Å². The number of aliphatic imine (C=N–C) groups is 1. The van der Waals surface area contributed by atoms with Gasteiger partial charge in [0.15, 0.2) is 5.96 Å². The molecule has 0 amide bonds. The largest absolute Gasteiger partial charge is 0.357 e. The van der Waals surface area contributed by atoms with Gasteiger partial charge in [0, 0.05) is 25.4 Å². The molecule has 0 spiro atoms. The lowest BCUT2D eigenvalue weighted by Crippen LogP contribution is -2.43. The highest BCUT2D eigenvalue weighted by Gasteiger charge is 2.09. The van der Waals surface area contributed by atoms with Crippen molar-refractivity contribution < 1.29 is 8.42 Å². The van der Waals surface area contributed by atoms with Crippen LogP contribution in [0.2, 0.25) is 0 Å². The Balaban J connectivity index is 2.52. The summed E-state index contributed by atoms with van der Waals surface area (Å²) in [5.74, 6) is 0.922. The van der Waals surface area contributed by atoms with Gasteiger partial charge < -0.3 is 10.6 Å². The minimum absolute atomic E-state index is 0.0569. The van der Waals surface area contributed by atoms with E-state index in [9.17, 15) is 8.42 Å². The van der Waals surface area contributed by atoms with Crippen LogP contribution in [-0.4, -0.2) is 45.5 Å². The van der Waals surface area contributed by atoms with Crippen molar-refractivity contribution in [1.29, 1.82) is 0 Å². The Labute approximate surface area is 140 Å². The van der Waals surface area contributed by atoms with E-state index in [4.69, 9.17) is 0 Å². The van der Waals surface area contributed by atoms with E-state index in [0.717, 1.165) is 18.9 Å². The van der Waals surface area contributed by atoms with Gasteiger partial charge in [-0.3, -0.25) is 4.99 Å². The summed E-state index contributed by atoms with van der Waals surface area (Å²) in [4.78, 5) is 4.57. The standard InChI is InChI=1S/C17H29N3O2S/c1-5-18-17(20-15(3)10-12-23(4,21)22)19-11-9-16-8-6-7-14(2)13-16/h6-8,13,15H,5,9-12H2,1-4H3,(H2,18,19,20). The predicted octanol–water partition coefficient (Wildman–Crippen LogP) is 1.92. The number of aryl methyl sites for hydroxylation is 1. The van der Waals surface area contributed by atoms with E-state index in [1.54, 1.807) is 0 Å². The van der Waals surface area contributed by atoms with Crippen molar-refractivity contribution in [2.45, 2.75) is 39.7 Å². The van der Waals surface area contributed by atoms with E-state index < -0.39 is 9.84 Å². The molecule has 0 saturated heterocycles. The third-order valence-electron chi connectivity index (χ3n) is 3.40. The molecule has 5 nitrogen and oxygen atoms in total. The summed E-state index contributed by atoms with van der Waals surface area (Å²) in [6.07, 6.45) is 2.72. The summed E-state index contributed by atoms with van der Waals surface area (Å²) in [5, 5.41) is 6.46. The van der Waals surface area contributed by atoms with Crippen LogP contribution in [0.5, 0.6) is 0 Å². The van der Waals surface area contributed by atoms with Crippen LogP contribution in [0.1, 0.15) is 31.4 Å². The van der Waals surface area contributed by atoms with Crippen LogP contribution in [0.3, 0.4) is 0 Å². The topological polar surface area (TPSA) is 70.6 Å². The molecule has 0 heterocycles. The zero-order chi connectivity index (χ0) is 17.3. The van der Waals surface area contributed by atoms with Gasteiger partial charge in [0.25, 0.3) is 0 Å². The molecule has 0 fully saturated rings. The minimum atomic E-state index is -2.92. The molecule has 0 aliphatic carbocycles. The zero-order valence-electron chi connectivity index (χ0n) is 14.6. The summed E-state index contributed by atoms with van der Waals surface area (Å²) in [6.45, 7) is 7.53. The van der Waals surface area contributed by atoms with Crippen LogP contribution in [0.4, 0.5) is 0 Å². The van der Waals surface area contributed by atoms with E-state index in [-0.39, 0.29) is 11.8 Å². The Kier molecular flexibility index (Phi) is 8.09. The van der Waals surface area contributed by atoms with Crippen molar-refractivity contribution in [3.8, 4) is 0 Å². The maximum Gasteiger partial charge on any atom is 0.191 e. The highest BCUT2D eigenvalue weighted by atomic mass is 32.2. The van der Waals surface area contributed by atoms with Crippen LogP contribution < -0.4 is 10.6 Å². The quantitative estimate of drug-likeness (QED) is 0.561. The fraction of sp³-hybridized carbons (Fsp3) is 0.588. The van der Waals surface area contributed by atoms with Gasteiger partial charge in [-0.1, -0.05) is 29.8 Å². The van der Waals surface area contributed by atoms with Crippen LogP contribution in [0.25, 0.3) is 0 Å². The smallest absolute Gasteiger partial charge is 0.191 e. The molecule has 0 bridgehead atoms. The van der Waals surface area contributed by atoms with E-state index >= 15 is 0 Å². The van der Waals surface area contributed by atoms with Crippen molar-refractivity contribution in [3.05, 3.63) is 35.4 Å². The number of rotatable bonds is 8. The molecule has 0 aliphatic rings. The molecule has 0 saturated carbocycles. The molecule has 2 N–H and O–H groups in total. The van der Waals surface area contributed by atoms with Crippen LogP contribution in [0, 0.1) is 6.92 Å². The second-order valence-electron chi connectivity index (χ2n) is 5.96. The molecule has 0 radical (unpaired) electrons. The molecule has 1 aromatic rings. The molecular formula is C17H29N3O2S. The number of benzene rings is 1. The number of guanidine groups is 1. The monoisotopic (exact) mass is 339 g/mol. The van der Waals surface area contributed by atoms with Gasteiger partial charge in [-0.15, -0.1) is 0 Å². The maximum atomic E-state index is 11.2. The number of nitrogens with one attached hydrogen (secondary N) is 2. The molecule has 1 unspecified atom stereocenters. The highest BCUT2D eigenvalue weighted by Crippen LogP contribution is 2.04. The Hall–Kier alpha value is -1.56. The summed E-state index contributed by atoms with van der Waals surface area (Å²) >= 11 is 0. The van der Waals surface area contributed by atoms with Gasteiger partial charge in [0.1, 0.15) is 9.84 Å². The van der Waals surface area contributed by atoms with Crippen LogP contribution in [0.15, 0.2) is 29.3 Å². The minimum Gasteiger partial charge on any atom is -0.357 e. The first-order valence-electron chi connectivity index (χ1n) is 8.08. The van der Waals surface area contributed by atoms with E-state index in [0.29, 0.717) is 13.0 Å². The van der Waals surface area contributed by atoms with E-state index in [1.807, 2.05) is 13.8 Å². The van der Waals surface area contributed by atoms with Gasteiger partial charge in [-0.2, -0.15) is 0 Å². The first kappa shape index (κ1) is 19.5. The molecule has 1 aromatic carbocycles. The third kappa shape index (κ3) is 9.23. The van der Waals surface area contributed by atoms with Crippen molar-refractivity contribution in [1.82, 2.24) is 10.6 Å². The number of sulfone groups is 1. The summed E-state index contributed by atoms with van der Waals surface area (Å²) < 4.78 is 22.5. The first-order valence-corrected chi connectivity index (χ1v) is 10.1. The Morgan fingerprint density at radius 3 is 2.70 bits per heavy atom. The van der Waals surface area contributed by atoms with Gasteiger partial charge >= 0.3 is 0 Å². The molecule has 0 aliphatic heterocycles. The molecule has 6 heteroatoms. The molecule has 130 valence electrons. The molecule has 23 heavy (non-hydrogen) atoms. The van der Waals surface area contributed by atoms with E-state index in [2.05, 4.69) is 46.8 Å². The van der Waals surface area contributed by atoms with Crippen molar-refractivity contribution in [2.24, 2.45) is 4.99 Å². The maximum absolute atomic E-state index is 11.2. The van der Waals surface area contributed by atoms with Gasteiger partial charge in [0.2, 0.25) is 0 Å². The van der Waals surface area contributed by atoms with Gasteiger partial charge in [-0.25, -0.2) is 8.42 Å². The fourth-order valence-corrected chi connectivity index (χ4v) is 2.96. The van der Waals surface area contributed by atoms with Crippen molar-refractivity contribution in [2.75, 3.05) is 25.1 Å². The predicted molar refractivity (Wildman–Crippen MR) is 97.8 cm³/mol. The summed E-state index contributed by atoms with van der Waals surface area (Å²) in [5.41, 5.74) is 2.53. The second-order valence-corrected chi connectivity index (χ2v) is 8.22. The lowest BCUT2D eigenvalue weighted by atomic mass is 10.1. The third-order valence-corrected chi connectivity index (χ3v) is 4.38. The first-order chi connectivity index (χ1) is 10.8. The fourth-order valence-electron chi connectivity index (χ4n) is 2.18. The Bertz CT molecular complexity index is 612. The average molecular weight is 340 g/mol. The van der Waals surface area contributed by atoms with Gasteiger partial charge in [0.05, 0.1) is 5.75 Å². The zero-order valence-corrected chi connectivity index (χ0v) is 15.4. The lowest BCUT2D eigenvalue weighted by Gasteiger charge is -2.17. The number of nitrogens with zero attached hydrogens (tertiary/aromatic N) is 1. The molecule has 1 rings (SSSR count). The Morgan fingerprint density at radius 1 is 1.35 bits per heavy atom. The molecule has 1 atom stereocenters. The second kappa shape index (κ2) is 9.55. The number of hydrogen-bond acceptors (Lipinski definition) is 3. The van der Waals surface area contributed by atoms with Crippen molar-refractivity contribution >= 4 is 15.8 Å². The molecular weight excluding hydrogens is 310 g/mol. The van der Waals surface area contributed by atoms with Crippen LogP contribution >= 0.6 is 0 Å². The molecule has 0 aromatic heterocycles. The average Bonchev–Trinajstić information content (AvgIpc) is 2.45. The van der Waals surface area contributed by atoms with E-state index in [1.165, 1.54) is 17.4 Å². The Morgan fingerprint density at radius 2 is 2.09 bits per heavy atom. The number of hydrogen-bond donors (Lipinski definition) is 2. The summed E-state index contributed by atoms with van der Waals surface area (Å²) in [6, 6.07) is 8.48. The normalized spacial score (nSPS) is 13.7. The van der Waals surface area contributed by atoms with Crippen LogP contribution in [-0.2, 0) is 16.3 Å². The lowest BCUT2D eigenvalue weighted by molar-refractivity contribution is 0.581. The summed E-state index contributed by atoms with van der Waals surface area (Å²) in [7, 11) is -2.92.